The molecule has 0 amide bonds. The Morgan fingerprint density at radius 1 is 1.19 bits per heavy atom. The molecule has 5 heteroatoms. The molecule has 1 aromatic carbocycles. The highest BCUT2D eigenvalue weighted by Gasteiger charge is 2.01. The lowest BCUT2D eigenvalue weighted by Crippen LogP contribution is -2.26. The van der Waals surface area contributed by atoms with E-state index in [2.05, 4.69) is 24.4 Å². The van der Waals surface area contributed by atoms with Crippen molar-refractivity contribution in [3.8, 4) is 0 Å². The fraction of sp³-hybridized carbons (Fsp3) is 0.455. The molecule has 90 valence electrons. The van der Waals surface area contributed by atoms with Crippen LogP contribution in [0.2, 0.25) is 0 Å². The van der Waals surface area contributed by atoms with Crippen molar-refractivity contribution >= 4 is 10.0 Å². The second-order valence-corrected chi connectivity index (χ2v) is 5.45. The van der Waals surface area contributed by atoms with Crippen LogP contribution in [0.15, 0.2) is 24.3 Å². The predicted octanol–water partition coefficient (Wildman–Crippen LogP) is 0.627. The predicted molar refractivity (Wildman–Crippen MR) is 65.5 cm³/mol. The standard InChI is InChI=1S/C11H18N2O2S/c1-2-10-3-5-11(6-4-10)9-13-7-8-16(12,14)15/h3-6,13H,2,7-9H2,1H3,(H2,12,14,15). The molecule has 3 N–H and O–H groups in total. The number of hydrogen-bond donors (Lipinski definition) is 2. The molecule has 0 unspecified atom stereocenters. The number of aryl methyl sites for hydroxylation is 1. The summed E-state index contributed by atoms with van der Waals surface area (Å²) < 4.78 is 21.3. The van der Waals surface area contributed by atoms with Crippen molar-refractivity contribution in [2.75, 3.05) is 12.3 Å². The van der Waals surface area contributed by atoms with Crippen molar-refractivity contribution in [3.05, 3.63) is 35.4 Å². The molecule has 4 nitrogen and oxygen atoms in total. The lowest BCUT2D eigenvalue weighted by molar-refractivity contribution is 0.592. The van der Waals surface area contributed by atoms with Crippen LogP contribution >= 0.6 is 0 Å². The third kappa shape index (κ3) is 5.25. The van der Waals surface area contributed by atoms with Crippen molar-refractivity contribution < 1.29 is 8.42 Å². The maximum Gasteiger partial charge on any atom is 0.210 e. The summed E-state index contributed by atoms with van der Waals surface area (Å²) in [6.45, 7) is 3.16. The van der Waals surface area contributed by atoms with Gasteiger partial charge in [0.1, 0.15) is 0 Å². The maximum atomic E-state index is 10.7. The lowest BCUT2D eigenvalue weighted by Gasteiger charge is -2.04. The second-order valence-electron chi connectivity index (χ2n) is 3.71. The third-order valence-electron chi connectivity index (χ3n) is 2.32. The summed E-state index contributed by atoms with van der Waals surface area (Å²) in [5.74, 6) is -0.0277. The number of benzene rings is 1. The molecule has 0 saturated carbocycles. The van der Waals surface area contributed by atoms with Gasteiger partial charge in [-0.05, 0) is 17.5 Å². The number of primary sulfonamides is 1. The Kier molecular flexibility index (Phi) is 4.92. The quantitative estimate of drug-likeness (QED) is 0.719. The summed E-state index contributed by atoms with van der Waals surface area (Å²) in [7, 11) is -3.35. The molecule has 1 aromatic rings. The van der Waals surface area contributed by atoms with Crippen LogP contribution < -0.4 is 10.5 Å². The van der Waals surface area contributed by atoms with E-state index in [1.807, 2.05) is 12.1 Å². The summed E-state index contributed by atoms with van der Waals surface area (Å²) in [4.78, 5) is 0. The minimum atomic E-state index is -3.35. The van der Waals surface area contributed by atoms with E-state index in [4.69, 9.17) is 5.14 Å². The van der Waals surface area contributed by atoms with E-state index in [1.54, 1.807) is 0 Å². The van der Waals surface area contributed by atoms with Gasteiger partial charge in [-0.3, -0.25) is 0 Å². The zero-order chi connectivity index (χ0) is 12.0. The zero-order valence-electron chi connectivity index (χ0n) is 9.44. The van der Waals surface area contributed by atoms with Gasteiger partial charge < -0.3 is 5.32 Å². The Labute approximate surface area is 96.9 Å². The van der Waals surface area contributed by atoms with Gasteiger partial charge in [-0.1, -0.05) is 31.2 Å². The van der Waals surface area contributed by atoms with Crippen LogP contribution in [-0.4, -0.2) is 20.7 Å². The monoisotopic (exact) mass is 242 g/mol. The van der Waals surface area contributed by atoms with Crippen molar-refractivity contribution in [1.29, 1.82) is 0 Å². The Morgan fingerprint density at radius 2 is 1.75 bits per heavy atom. The molecule has 0 aliphatic heterocycles. The Morgan fingerprint density at radius 3 is 2.25 bits per heavy atom. The number of sulfonamides is 1. The molecule has 0 radical (unpaired) electrons. The molecule has 16 heavy (non-hydrogen) atoms. The molecule has 0 saturated heterocycles. The molecule has 0 aromatic heterocycles. The van der Waals surface area contributed by atoms with Crippen LogP contribution in [0.5, 0.6) is 0 Å². The average Bonchev–Trinajstić information content (AvgIpc) is 2.24. The van der Waals surface area contributed by atoms with Crippen LogP contribution in [0.1, 0.15) is 18.1 Å². The first kappa shape index (κ1) is 13.2. The molecule has 0 bridgehead atoms. The molecular weight excluding hydrogens is 224 g/mol. The van der Waals surface area contributed by atoms with Gasteiger partial charge in [-0.25, -0.2) is 13.6 Å². The van der Waals surface area contributed by atoms with Gasteiger partial charge >= 0.3 is 0 Å². The Bertz CT molecular complexity index is 412. The normalized spacial score (nSPS) is 11.6. The van der Waals surface area contributed by atoms with Crippen molar-refractivity contribution in [3.63, 3.8) is 0 Å². The van der Waals surface area contributed by atoms with Crippen LogP contribution in [0.4, 0.5) is 0 Å². The highest BCUT2D eigenvalue weighted by molar-refractivity contribution is 7.89. The first-order chi connectivity index (χ1) is 7.51. The van der Waals surface area contributed by atoms with E-state index in [-0.39, 0.29) is 5.75 Å². The Balaban J connectivity index is 2.32. The summed E-state index contributed by atoms with van der Waals surface area (Å²) in [5, 5.41) is 7.92. The smallest absolute Gasteiger partial charge is 0.210 e. The fourth-order valence-corrected chi connectivity index (χ4v) is 1.77. The minimum Gasteiger partial charge on any atom is -0.312 e. The zero-order valence-corrected chi connectivity index (χ0v) is 10.3. The largest absolute Gasteiger partial charge is 0.312 e. The van der Waals surface area contributed by atoms with E-state index < -0.39 is 10.0 Å². The number of hydrogen-bond acceptors (Lipinski definition) is 3. The Hall–Kier alpha value is -0.910. The minimum absolute atomic E-state index is 0.0277. The molecule has 0 atom stereocenters. The summed E-state index contributed by atoms with van der Waals surface area (Å²) in [6, 6.07) is 8.25. The van der Waals surface area contributed by atoms with Crippen LogP contribution in [-0.2, 0) is 23.0 Å². The molecule has 1 rings (SSSR count). The van der Waals surface area contributed by atoms with E-state index in [0.29, 0.717) is 13.1 Å². The number of rotatable bonds is 6. The molecule has 0 spiro atoms. The molecule has 0 heterocycles. The van der Waals surface area contributed by atoms with Gasteiger partial charge in [0.25, 0.3) is 0 Å². The maximum absolute atomic E-state index is 10.7. The van der Waals surface area contributed by atoms with Gasteiger partial charge in [0.05, 0.1) is 5.75 Å². The first-order valence-electron chi connectivity index (χ1n) is 5.30. The second kappa shape index (κ2) is 5.98. The van der Waals surface area contributed by atoms with E-state index in [9.17, 15) is 8.42 Å². The highest BCUT2D eigenvalue weighted by Crippen LogP contribution is 2.04. The number of nitrogens with one attached hydrogen (secondary N) is 1. The average molecular weight is 242 g/mol. The molecule has 0 aliphatic rings. The molecular formula is C11H18N2O2S. The number of nitrogens with two attached hydrogens (primary N) is 1. The first-order valence-corrected chi connectivity index (χ1v) is 7.02. The van der Waals surface area contributed by atoms with E-state index in [0.717, 1.165) is 12.0 Å². The highest BCUT2D eigenvalue weighted by atomic mass is 32.2. The lowest BCUT2D eigenvalue weighted by atomic mass is 10.1. The third-order valence-corrected chi connectivity index (χ3v) is 3.10. The summed E-state index contributed by atoms with van der Waals surface area (Å²) in [6.07, 6.45) is 1.03. The van der Waals surface area contributed by atoms with E-state index in [1.165, 1.54) is 5.56 Å². The van der Waals surface area contributed by atoms with Gasteiger partial charge in [-0.2, -0.15) is 0 Å². The fourth-order valence-electron chi connectivity index (χ4n) is 1.34. The summed E-state index contributed by atoms with van der Waals surface area (Å²) >= 11 is 0. The summed E-state index contributed by atoms with van der Waals surface area (Å²) in [5.41, 5.74) is 2.44. The topological polar surface area (TPSA) is 72.2 Å². The molecule has 0 fully saturated rings. The van der Waals surface area contributed by atoms with Gasteiger partial charge in [-0.15, -0.1) is 0 Å². The van der Waals surface area contributed by atoms with Crippen LogP contribution in [0.25, 0.3) is 0 Å². The van der Waals surface area contributed by atoms with Gasteiger partial charge in [0.15, 0.2) is 0 Å². The van der Waals surface area contributed by atoms with Crippen molar-refractivity contribution in [1.82, 2.24) is 5.32 Å². The van der Waals surface area contributed by atoms with Crippen molar-refractivity contribution in [2.24, 2.45) is 5.14 Å². The van der Waals surface area contributed by atoms with Crippen LogP contribution in [0, 0.1) is 0 Å². The van der Waals surface area contributed by atoms with Crippen LogP contribution in [0.3, 0.4) is 0 Å². The van der Waals surface area contributed by atoms with E-state index >= 15 is 0 Å². The van der Waals surface area contributed by atoms with Crippen molar-refractivity contribution in [2.45, 2.75) is 19.9 Å². The SMILES string of the molecule is CCc1ccc(CNCCS(N)(=O)=O)cc1. The molecule has 0 aliphatic carbocycles. The van der Waals surface area contributed by atoms with Gasteiger partial charge in [0.2, 0.25) is 10.0 Å². The van der Waals surface area contributed by atoms with Gasteiger partial charge in [0, 0.05) is 13.1 Å².